The number of hydrogen-bond donors (Lipinski definition) is 1. The van der Waals surface area contributed by atoms with Gasteiger partial charge in [0.1, 0.15) is 11.5 Å². The van der Waals surface area contributed by atoms with Gasteiger partial charge in [0.15, 0.2) is 23.1 Å². The number of benzene rings is 1. The number of anilines is 1. The highest BCUT2D eigenvalue weighted by Gasteiger charge is 2.36. The second-order valence-electron chi connectivity index (χ2n) is 9.09. The van der Waals surface area contributed by atoms with Crippen LogP contribution in [0, 0.1) is 11.6 Å². The van der Waals surface area contributed by atoms with Crippen molar-refractivity contribution in [1.29, 1.82) is 0 Å². The van der Waals surface area contributed by atoms with E-state index in [1.165, 1.54) is 19.1 Å². The molecule has 2 aliphatic rings. The van der Waals surface area contributed by atoms with Crippen molar-refractivity contribution < 1.29 is 27.8 Å². The largest absolute Gasteiger partial charge is 0.493 e. The molecule has 0 radical (unpaired) electrons. The molecule has 9 nitrogen and oxygen atoms in total. The lowest BCUT2D eigenvalue weighted by Gasteiger charge is -2.36. The number of hydrogen-bond acceptors (Lipinski definition) is 6. The smallest absolute Gasteiger partial charge is 0.329 e. The highest BCUT2D eigenvalue weighted by Crippen LogP contribution is 2.41. The second-order valence-corrected chi connectivity index (χ2v) is 9.09. The van der Waals surface area contributed by atoms with Gasteiger partial charge in [-0.25, -0.2) is 18.6 Å². The molecule has 0 aliphatic carbocycles. The van der Waals surface area contributed by atoms with Gasteiger partial charge in [-0.15, -0.1) is 0 Å². The van der Waals surface area contributed by atoms with Crippen molar-refractivity contribution in [3.05, 3.63) is 40.6 Å². The van der Waals surface area contributed by atoms with Crippen LogP contribution in [0.2, 0.25) is 0 Å². The van der Waals surface area contributed by atoms with Crippen molar-refractivity contribution in [3.63, 3.8) is 0 Å². The van der Waals surface area contributed by atoms with E-state index < -0.39 is 23.4 Å². The summed E-state index contributed by atoms with van der Waals surface area (Å²) in [5, 5.41) is 0. The molecule has 1 N–H and O–H groups in total. The number of halogens is 2. The minimum absolute atomic E-state index is 0.0310. The number of rotatable bonds is 9. The first-order valence-corrected chi connectivity index (χ1v) is 12.1. The Morgan fingerprint density at radius 3 is 2.38 bits per heavy atom. The van der Waals surface area contributed by atoms with E-state index in [2.05, 4.69) is 21.6 Å². The van der Waals surface area contributed by atoms with Crippen molar-refractivity contribution in [2.45, 2.75) is 19.8 Å². The predicted octanol–water partition coefficient (Wildman–Crippen LogP) is 4.21. The molecule has 4 rings (SSSR count). The zero-order valence-electron chi connectivity index (χ0n) is 21.7. The number of aromatic nitrogens is 1. The van der Waals surface area contributed by atoms with Crippen LogP contribution in [0.3, 0.4) is 0 Å². The molecule has 11 heteroatoms. The van der Waals surface area contributed by atoms with Crippen molar-refractivity contribution in [1.82, 2.24) is 14.8 Å². The molecule has 1 aromatic heterocycles. The molecule has 0 saturated carbocycles. The summed E-state index contributed by atoms with van der Waals surface area (Å²) in [6, 6.07) is 2.49. The van der Waals surface area contributed by atoms with Crippen LogP contribution < -0.4 is 14.4 Å². The number of aryl methyl sites for hydroxylation is 1. The van der Waals surface area contributed by atoms with E-state index in [0.29, 0.717) is 17.1 Å². The normalized spacial score (nSPS) is 17.0. The lowest BCUT2D eigenvalue weighted by atomic mass is 10.0. The quantitative estimate of drug-likeness (QED) is 0.504. The van der Waals surface area contributed by atoms with Crippen molar-refractivity contribution in [3.8, 4) is 11.5 Å². The highest BCUT2D eigenvalue weighted by molar-refractivity contribution is 6.02. The molecule has 200 valence electrons. The standard InChI is InChI=1S/C26H33F2N5O4/c1-16-15-33(24-21(27)19(35-4)14-20(36-5)22(24)28)26(34)31(3)23(16)18-13-17(30-25(18)29-2)7-6-8-32-9-11-37-12-10-32/h13-14,30H,2,6-12,15H2,1,3-5H3. The summed E-state index contributed by atoms with van der Waals surface area (Å²) in [6.45, 7) is 9.82. The number of ether oxygens (including phenoxy) is 3. The number of nitrogens with one attached hydrogen (secondary N) is 1. The van der Waals surface area contributed by atoms with Crippen LogP contribution in [-0.2, 0) is 11.2 Å². The molecular formula is C26H33F2N5O4. The molecular weight excluding hydrogens is 484 g/mol. The number of methoxy groups -OCH3 is 2. The Bertz CT molecular complexity index is 1180. The lowest BCUT2D eigenvalue weighted by Crippen LogP contribution is -2.46. The minimum atomic E-state index is -0.976. The Hall–Kier alpha value is -3.44. The number of H-pyrrole nitrogens is 1. The van der Waals surface area contributed by atoms with Gasteiger partial charge in [0.2, 0.25) is 0 Å². The Labute approximate surface area is 215 Å². The Morgan fingerprint density at radius 2 is 1.78 bits per heavy atom. The molecule has 0 bridgehead atoms. The van der Waals surface area contributed by atoms with Gasteiger partial charge in [0.05, 0.1) is 39.7 Å². The van der Waals surface area contributed by atoms with E-state index in [0.717, 1.165) is 67.9 Å². The first-order valence-electron chi connectivity index (χ1n) is 12.1. The number of nitrogens with zero attached hydrogens (tertiary/aromatic N) is 4. The third-order valence-corrected chi connectivity index (χ3v) is 6.76. The molecule has 37 heavy (non-hydrogen) atoms. The fraction of sp³-hybridized carbons (Fsp3) is 0.462. The molecule has 1 fully saturated rings. The monoisotopic (exact) mass is 517 g/mol. The SMILES string of the molecule is C=Nc1[nH]c(CCCN2CCOCC2)cc1C1=C(C)CN(c2c(F)c(OC)cc(OC)c2F)C(=O)N1C. The van der Waals surface area contributed by atoms with E-state index in [9.17, 15) is 4.79 Å². The van der Waals surface area contributed by atoms with Gasteiger partial charge in [-0.2, -0.15) is 0 Å². The van der Waals surface area contributed by atoms with Crippen LogP contribution in [-0.4, -0.2) is 88.2 Å². The van der Waals surface area contributed by atoms with E-state index in [4.69, 9.17) is 14.2 Å². The van der Waals surface area contributed by atoms with Crippen LogP contribution >= 0.6 is 0 Å². The zero-order valence-corrected chi connectivity index (χ0v) is 21.7. The molecule has 2 aliphatic heterocycles. The van der Waals surface area contributed by atoms with Crippen LogP contribution in [0.4, 0.5) is 25.1 Å². The van der Waals surface area contributed by atoms with Crippen LogP contribution in [0.25, 0.3) is 5.70 Å². The summed E-state index contributed by atoms with van der Waals surface area (Å²) in [5.74, 6) is -1.85. The lowest BCUT2D eigenvalue weighted by molar-refractivity contribution is 0.0374. The number of carbonyl (C=O) groups excluding carboxylic acids is 1. The van der Waals surface area contributed by atoms with Crippen molar-refractivity contribution >= 4 is 30.0 Å². The summed E-state index contributed by atoms with van der Waals surface area (Å²) < 4.78 is 45.8. The third-order valence-electron chi connectivity index (χ3n) is 6.76. The summed E-state index contributed by atoms with van der Waals surface area (Å²) in [7, 11) is 4.10. The predicted molar refractivity (Wildman–Crippen MR) is 138 cm³/mol. The van der Waals surface area contributed by atoms with E-state index >= 15 is 8.78 Å². The Kier molecular flexibility index (Phi) is 8.13. The molecule has 0 spiro atoms. The maximum atomic E-state index is 15.2. The van der Waals surface area contributed by atoms with Gasteiger partial charge in [0, 0.05) is 37.5 Å². The number of aromatic amines is 1. The van der Waals surface area contributed by atoms with Gasteiger partial charge in [0.25, 0.3) is 0 Å². The minimum Gasteiger partial charge on any atom is -0.493 e. The average molecular weight is 518 g/mol. The number of morpholine rings is 1. The number of carbonyl (C=O) groups is 1. The molecule has 2 amide bonds. The number of urea groups is 1. The highest BCUT2D eigenvalue weighted by atomic mass is 19.1. The summed E-state index contributed by atoms with van der Waals surface area (Å²) in [6.07, 6.45) is 1.75. The maximum Gasteiger partial charge on any atom is 0.329 e. The first kappa shape index (κ1) is 26.6. The first-order chi connectivity index (χ1) is 17.8. The van der Waals surface area contributed by atoms with Crippen LogP contribution in [0.1, 0.15) is 24.6 Å². The van der Waals surface area contributed by atoms with Crippen molar-refractivity contribution in [2.75, 3.05) is 65.6 Å². The topological polar surface area (TPSA) is 82.6 Å². The van der Waals surface area contributed by atoms with Gasteiger partial charge in [-0.05, 0) is 44.7 Å². The Balaban J connectivity index is 1.62. The van der Waals surface area contributed by atoms with Gasteiger partial charge in [-0.1, -0.05) is 0 Å². The molecule has 0 atom stereocenters. The van der Waals surface area contributed by atoms with E-state index in [1.807, 2.05) is 13.0 Å². The fourth-order valence-electron chi connectivity index (χ4n) is 4.89. The second kappa shape index (κ2) is 11.3. The molecule has 3 heterocycles. The number of aliphatic imine (C=N–C) groups is 1. The zero-order chi connectivity index (χ0) is 26.7. The van der Waals surface area contributed by atoms with Gasteiger partial charge >= 0.3 is 6.03 Å². The Morgan fingerprint density at radius 1 is 1.14 bits per heavy atom. The van der Waals surface area contributed by atoms with Crippen LogP contribution in [0.15, 0.2) is 22.7 Å². The van der Waals surface area contributed by atoms with Crippen molar-refractivity contribution in [2.24, 2.45) is 4.99 Å². The molecule has 1 saturated heterocycles. The molecule has 0 unspecified atom stereocenters. The van der Waals surface area contributed by atoms with E-state index in [1.54, 1.807) is 7.05 Å². The molecule has 2 aromatic rings. The summed E-state index contributed by atoms with van der Waals surface area (Å²) in [5.41, 5.74) is 2.52. The summed E-state index contributed by atoms with van der Waals surface area (Å²) in [4.78, 5) is 25.7. The maximum absolute atomic E-state index is 15.2. The van der Waals surface area contributed by atoms with E-state index in [-0.39, 0.29) is 18.0 Å². The third kappa shape index (κ3) is 5.19. The molecule has 1 aromatic carbocycles. The van der Waals surface area contributed by atoms with Gasteiger partial charge < -0.3 is 19.2 Å². The van der Waals surface area contributed by atoms with Gasteiger partial charge in [-0.3, -0.25) is 14.7 Å². The fourth-order valence-corrected chi connectivity index (χ4v) is 4.89. The van der Waals surface area contributed by atoms with Crippen LogP contribution in [0.5, 0.6) is 11.5 Å². The summed E-state index contributed by atoms with van der Waals surface area (Å²) >= 11 is 0. The number of amides is 2. The average Bonchev–Trinajstić information content (AvgIpc) is 3.30.